The van der Waals surface area contributed by atoms with Gasteiger partial charge in [-0.25, -0.2) is 4.79 Å². The molecule has 1 fully saturated rings. The summed E-state index contributed by atoms with van der Waals surface area (Å²) in [4.78, 5) is 28.7. The fourth-order valence-corrected chi connectivity index (χ4v) is 3.92. The van der Waals surface area contributed by atoms with Crippen molar-refractivity contribution in [2.45, 2.75) is 46.0 Å². The molecule has 0 bridgehead atoms. The fraction of sp³-hybridized carbons (Fsp3) is 0.600. The van der Waals surface area contributed by atoms with Crippen molar-refractivity contribution in [1.82, 2.24) is 9.80 Å². The van der Waals surface area contributed by atoms with E-state index in [-0.39, 0.29) is 17.9 Å². The Labute approximate surface area is 150 Å². The maximum atomic E-state index is 12.6. The number of nitrogens with one attached hydrogen (secondary N) is 1. The molecule has 136 valence electrons. The zero-order valence-corrected chi connectivity index (χ0v) is 15.4. The first-order chi connectivity index (χ1) is 12.1. The zero-order chi connectivity index (χ0) is 17.8. The second-order valence-corrected chi connectivity index (χ2v) is 7.04. The molecule has 5 heteroatoms. The number of likely N-dealkylation sites (tertiary alicyclic amines) is 1. The number of nitrogens with zero attached hydrogens (tertiary/aromatic N) is 2. The van der Waals surface area contributed by atoms with Crippen molar-refractivity contribution in [3.63, 3.8) is 0 Å². The minimum absolute atomic E-state index is 0.00555. The van der Waals surface area contributed by atoms with Crippen LogP contribution in [0.4, 0.5) is 10.5 Å². The first-order valence-corrected chi connectivity index (χ1v) is 9.58. The quantitative estimate of drug-likeness (QED) is 0.912. The summed E-state index contributed by atoms with van der Waals surface area (Å²) in [6.07, 6.45) is 4.97. The van der Waals surface area contributed by atoms with E-state index in [1.165, 1.54) is 17.5 Å². The molecule has 5 nitrogen and oxygen atoms in total. The molecule has 0 unspecified atom stereocenters. The van der Waals surface area contributed by atoms with Gasteiger partial charge in [0.15, 0.2) is 0 Å². The summed E-state index contributed by atoms with van der Waals surface area (Å²) < 4.78 is 0. The lowest BCUT2D eigenvalue weighted by Crippen LogP contribution is -2.47. The fourth-order valence-electron chi connectivity index (χ4n) is 3.92. The number of hydrogen-bond acceptors (Lipinski definition) is 2. The number of fused-ring (bicyclic) bond motifs is 1. The van der Waals surface area contributed by atoms with Gasteiger partial charge in [0, 0.05) is 37.8 Å². The third-order valence-electron chi connectivity index (χ3n) is 5.54. The van der Waals surface area contributed by atoms with E-state index in [2.05, 4.69) is 17.4 Å². The summed E-state index contributed by atoms with van der Waals surface area (Å²) in [5.74, 6) is 0.0851. The van der Waals surface area contributed by atoms with E-state index < -0.39 is 0 Å². The average molecular weight is 343 g/mol. The van der Waals surface area contributed by atoms with E-state index in [0.29, 0.717) is 13.1 Å². The molecule has 3 amide bonds. The molecule has 1 aliphatic heterocycles. The Morgan fingerprint density at radius 3 is 2.48 bits per heavy atom. The van der Waals surface area contributed by atoms with Crippen LogP contribution in [-0.2, 0) is 17.6 Å². The maximum Gasteiger partial charge on any atom is 0.319 e. The van der Waals surface area contributed by atoms with Crippen LogP contribution in [0.1, 0.15) is 44.2 Å². The molecule has 2 aliphatic rings. The Balaban J connectivity index is 1.52. The van der Waals surface area contributed by atoms with Crippen LogP contribution in [-0.4, -0.2) is 47.9 Å². The van der Waals surface area contributed by atoms with Gasteiger partial charge in [0.25, 0.3) is 0 Å². The number of carbonyl (C=O) groups excluding carboxylic acids is 2. The number of piperidine rings is 1. The van der Waals surface area contributed by atoms with Crippen LogP contribution in [0.25, 0.3) is 0 Å². The van der Waals surface area contributed by atoms with Crippen molar-refractivity contribution in [3.05, 3.63) is 29.3 Å². The van der Waals surface area contributed by atoms with Crippen LogP contribution >= 0.6 is 0 Å². The summed E-state index contributed by atoms with van der Waals surface area (Å²) in [7, 11) is 0. The highest BCUT2D eigenvalue weighted by Gasteiger charge is 2.29. The number of urea groups is 1. The lowest BCUT2D eigenvalue weighted by molar-refractivity contribution is -0.121. The third-order valence-corrected chi connectivity index (χ3v) is 5.54. The average Bonchev–Trinajstić information content (AvgIpc) is 3.10. The van der Waals surface area contributed by atoms with Gasteiger partial charge in [0.2, 0.25) is 5.91 Å². The van der Waals surface area contributed by atoms with Crippen LogP contribution in [0, 0.1) is 5.92 Å². The van der Waals surface area contributed by atoms with Crippen LogP contribution in [0.15, 0.2) is 18.2 Å². The van der Waals surface area contributed by atoms with Crippen molar-refractivity contribution >= 4 is 17.6 Å². The largest absolute Gasteiger partial charge is 0.326 e. The Kier molecular flexibility index (Phi) is 5.61. The summed E-state index contributed by atoms with van der Waals surface area (Å²) in [6.45, 7) is 6.79. The maximum absolute atomic E-state index is 12.6. The number of carbonyl (C=O) groups is 2. The van der Waals surface area contributed by atoms with Gasteiger partial charge in [0.05, 0.1) is 0 Å². The number of amides is 3. The van der Waals surface area contributed by atoms with Crippen molar-refractivity contribution in [3.8, 4) is 0 Å². The molecule has 0 spiro atoms. The third kappa shape index (κ3) is 3.97. The van der Waals surface area contributed by atoms with Gasteiger partial charge in [-0.05, 0) is 69.2 Å². The second kappa shape index (κ2) is 7.89. The highest BCUT2D eigenvalue weighted by Crippen LogP contribution is 2.26. The molecule has 25 heavy (non-hydrogen) atoms. The van der Waals surface area contributed by atoms with Crippen LogP contribution in [0.5, 0.6) is 0 Å². The van der Waals surface area contributed by atoms with Gasteiger partial charge in [0.1, 0.15) is 0 Å². The summed E-state index contributed by atoms with van der Waals surface area (Å²) in [6, 6.07) is 6.38. The Bertz CT molecular complexity index is 632. The van der Waals surface area contributed by atoms with E-state index in [1.807, 2.05) is 29.7 Å². The molecule has 0 radical (unpaired) electrons. The summed E-state index contributed by atoms with van der Waals surface area (Å²) >= 11 is 0. The van der Waals surface area contributed by atoms with Crippen molar-refractivity contribution in [2.24, 2.45) is 5.92 Å². The zero-order valence-electron chi connectivity index (χ0n) is 15.4. The molecule has 1 saturated heterocycles. The first-order valence-electron chi connectivity index (χ1n) is 9.58. The van der Waals surface area contributed by atoms with Crippen molar-refractivity contribution < 1.29 is 9.59 Å². The van der Waals surface area contributed by atoms with Gasteiger partial charge >= 0.3 is 6.03 Å². The second-order valence-electron chi connectivity index (χ2n) is 7.04. The highest BCUT2D eigenvalue weighted by molar-refractivity contribution is 5.93. The van der Waals surface area contributed by atoms with Crippen molar-refractivity contribution in [1.29, 1.82) is 0 Å². The van der Waals surface area contributed by atoms with Crippen LogP contribution in [0.3, 0.4) is 0 Å². The minimum Gasteiger partial charge on any atom is -0.326 e. The molecule has 1 heterocycles. The number of hydrogen-bond donors (Lipinski definition) is 1. The van der Waals surface area contributed by atoms with E-state index in [0.717, 1.165) is 44.5 Å². The van der Waals surface area contributed by atoms with Gasteiger partial charge in [-0.2, -0.15) is 0 Å². The SMILES string of the molecule is CCN(CC)C(=O)N1CCC(C(=O)Nc2ccc3c(c2)CCC3)CC1. The summed E-state index contributed by atoms with van der Waals surface area (Å²) in [5, 5.41) is 3.08. The van der Waals surface area contributed by atoms with E-state index >= 15 is 0 Å². The lowest BCUT2D eigenvalue weighted by atomic mass is 9.96. The smallest absolute Gasteiger partial charge is 0.319 e. The predicted molar refractivity (Wildman–Crippen MR) is 99.7 cm³/mol. The molecule has 0 atom stereocenters. The lowest BCUT2D eigenvalue weighted by Gasteiger charge is -2.34. The molecule has 1 N–H and O–H groups in total. The monoisotopic (exact) mass is 343 g/mol. The topological polar surface area (TPSA) is 52.7 Å². The number of rotatable bonds is 4. The van der Waals surface area contributed by atoms with E-state index in [4.69, 9.17) is 0 Å². The summed E-state index contributed by atoms with van der Waals surface area (Å²) in [5.41, 5.74) is 3.70. The van der Waals surface area contributed by atoms with Crippen molar-refractivity contribution in [2.75, 3.05) is 31.5 Å². The van der Waals surface area contributed by atoms with Gasteiger partial charge in [-0.3, -0.25) is 4.79 Å². The van der Waals surface area contributed by atoms with E-state index in [1.54, 1.807) is 0 Å². The van der Waals surface area contributed by atoms with E-state index in [9.17, 15) is 9.59 Å². The molecular weight excluding hydrogens is 314 g/mol. The molecule has 3 rings (SSSR count). The molecule has 1 aromatic rings. The van der Waals surface area contributed by atoms with Gasteiger partial charge in [-0.1, -0.05) is 6.07 Å². The Morgan fingerprint density at radius 2 is 1.80 bits per heavy atom. The van der Waals surface area contributed by atoms with Gasteiger partial charge < -0.3 is 15.1 Å². The molecular formula is C20H29N3O2. The predicted octanol–water partition coefficient (Wildman–Crippen LogP) is 3.29. The normalized spacial score (nSPS) is 17.3. The van der Waals surface area contributed by atoms with Gasteiger partial charge in [-0.15, -0.1) is 0 Å². The number of benzene rings is 1. The highest BCUT2D eigenvalue weighted by atomic mass is 16.2. The molecule has 1 aliphatic carbocycles. The number of aryl methyl sites for hydroxylation is 2. The Hall–Kier alpha value is -2.04. The molecule has 1 aromatic carbocycles. The first kappa shape index (κ1) is 17.8. The molecule has 0 saturated carbocycles. The van der Waals surface area contributed by atoms with Crippen LogP contribution < -0.4 is 5.32 Å². The standard InChI is InChI=1S/C20H29N3O2/c1-3-22(4-2)20(25)23-12-10-16(11-13-23)19(24)21-18-9-8-15-6-5-7-17(15)14-18/h8-9,14,16H,3-7,10-13H2,1-2H3,(H,21,24). The molecule has 0 aromatic heterocycles. The Morgan fingerprint density at radius 1 is 1.12 bits per heavy atom. The number of anilines is 1. The minimum atomic E-state index is -0.00555. The van der Waals surface area contributed by atoms with Crippen LogP contribution in [0.2, 0.25) is 0 Å².